The Morgan fingerprint density at radius 1 is 1.55 bits per heavy atom. The van der Waals surface area contributed by atoms with Gasteiger partial charge >= 0.3 is 0 Å². The summed E-state index contributed by atoms with van der Waals surface area (Å²) in [6, 6.07) is 0. The van der Waals surface area contributed by atoms with Crippen LogP contribution in [0, 0.1) is 0 Å². The SMILES string of the molecule is CN=C1CCCCN1C(C)=O. The van der Waals surface area contributed by atoms with Crippen molar-refractivity contribution < 1.29 is 4.79 Å². The molecule has 0 N–H and O–H groups in total. The Kier molecular flexibility index (Phi) is 2.63. The molecule has 1 saturated heterocycles. The second-order valence-electron chi connectivity index (χ2n) is 2.77. The zero-order valence-electron chi connectivity index (χ0n) is 7.13. The van der Waals surface area contributed by atoms with Crippen LogP contribution in [0.25, 0.3) is 0 Å². The van der Waals surface area contributed by atoms with Crippen LogP contribution in [0.2, 0.25) is 0 Å². The lowest BCUT2D eigenvalue weighted by Crippen LogP contribution is -2.38. The van der Waals surface area contributed by atoms with E-state index in [1.807, 2.05) is 0 Å². The summed E-state index contributed by atoms with van der Waals surface area (Å²) in [5.41, 5.74) is 0. The van der Waals surface area contributed by atoms with Crippen LogP contribution in [0.5, 0.6) is 0 Å². The van der Waals surface area contributed by atoms with E-state index in [1.54, 1.807) is 18.9 Å². The first-order valence-corrected chi connectivity index (χ1v) is 3.99. The Hall–Kier alpha value is -0.860. The van der Waals surface area contributed by atoms with Gasteiger partial charge in [0, 0.05) is 26.9 Å². The number of amides is 1. The lowest BCUT2D eigenvalue weighted by molar-refractivity contribution is -0.125. The molecule has 0 atom stereocenters. The highest BCUT2D eigenvalue weighted by Crippen LogP contribution is 2.11. The van der Waals surface area contributed by atoms with Crippen molar-refractivity contribution in [3.63, 3.8) is 0 Å². The summed E-state index contributed by atoms with van der Waals surface area (Å²) in [7, 11) is 1.75. The van der Waals surface area contributed by atoms with Crippen LogP contribution in [0.4, 0.5) is 0 Å². The van der Waals surface area contributed by atoms with E-state index in [9.17, 15) is 4.79 Å². The molecule has 11 heavy (non-hydrogen) atoms. The average Bonchev–Trinajstić information content (AvgIpc) is 2.04. The molecule has 0 aromatic carbocycles. The number of carbonyl (C=O) groups is 1. The quantitative estimate of drug-likeness (QED) is 0.513. The number of hydrogen-bond donors (Lipinski definition) is 0. The zero-order valence-corrected chi connectivity index (χ0v) is 7.13. The van der Waals surface area contributed by atoms with Crippen molar-refractivity contribution in [3.05, 3.63) is 0 Å². The molecule has 0 unspecified atom stereocenters. The second-order valence-corrected chi connectivity index (χ2v) is 2.77. The fourth-order valence-corrected chi connectivity index (χ4v) is 1.39. The third-order valence-electron chi connectivity index (χ3n) is 1.98. The fourth-order valence-electron chi connectivity index (χ4n) is 1.39. The van der Waals surface area contributed by atoms with Gasteiger partial charge in [-0.15, -0.1) is 0 Å². The summed E-state index contributed by atoms with van der Waals surface area (Å²) in [6.45, 7) is 2.44. The molecule has 0 aromatic rings. The minimum Gasteiger partial charge on any atom is -0.301 e. The minimum absolute atomic E-state index is 0.116. The molecule has 0 aromatic heterocycles. The Morgan fingerprint density at radius 2 is 2.27 bits per heavy atom. The van der Waals surface area contributed by atoms with Crippen LogP contribution in [0.3, 0.4) is 0 Å². The predicted molar refractivity (Wildman–Crippen MR) is 44.6 cm³/mol. The van der Waals surface area contributed by atoms with Gasteiger partial charge in [0.2, 0.25) is 5.91 Å². The number of carbonyl (C=O) groups excluding carboxylic acids is 1. The molecule has 0 aliphatic carbocycles. The average molecular weight is 154 g/mol. The van der Waals surface area contributed by atoms with Crippen molar-refractivity contribution in [2.75, 3.05) is 13.6 Å². The van der Waals surface area contributed by atoms with Crippen molar-refractivity contribution in [1.29, 1.82) is 0 Å². The van der Waals surface area contributed by atoms with Crippen LogP contribution in [0.1, 0.15) is 26.2 Å². The first-order valence-electron chi connectivity index (χ1n) is 3.99. The smallest absolute Gasteiger partial charge is 0.224 e. The molecule has 62 valence electrons. The number of likely N-dealkylation sites (tertiary alicyclic amines) is 1. The molecule has 1 aliphatic heterocycles. The zero-order chi connectivity index (χ0) is 8.27. The molecule has 0 saturated carbocycles. The third kappa shape index (κ3) is 1.79. The van der Waals surface area contributed by atoms with Gasteiger partial charge in [0.15, 0.2) is 0 Å². The van der Waals surface area contributed by atoms with E-state index in [1.165, 1.54) is 0 Å². The topological polar surface area (TPSA) is 32.7 Å². The summed E-state index contributed by atoms with van der Waals surface area (Å²) < 4.78 is 0. The number of amidine groups is 1. The Morgan fingerprint density at radius 3 is 2.73 bits per heavy atom. The van der Waals surface area contributed by atoms with E-state index < -0.39 is 0 Å². The molecule has 0 spiro atoms. The number of hydrogen-bond acceptors (Lipinski definition) is 2. The van der Waals surface area contributed by atoms with E-state index in [2.05, 4.69) is 4.99 Å². The fraction of sp³-hybridized carbons (Fsp3) is 0.750. The maximum Gasteiger partial charge on any atom is 0.224 e. The van der Waals surface area contributed by atoms with Crippen molar-refractivity contribution in [3.8, 4) is 0 Å². The standard InChI is InChI=1S/C8H14N2O/c1-7(11)10-6-4-3-5-8(10)9-2/h3-6H2,1-2H3. The first-order chi connectivity index (χ1) is 5.25. The molecule has 0 radical (unpaired) electrons. The monoisotopic (exact) mass is 154 g/mol. The Bertz CT molecular complexity index is 187. The summed E-state index contributed by atoms with van der Waals surface area (Å²) in [4.78, 5) is 16.9. The molecular formula is C8H14N2O. The maximum absolute atomic E-state index is 11.0. The van der Waals surface area contributed by atoms with Gasteiger partial charge in [-0.05, 0) is 12.8 Å². The van der Waals surface area contributed by atoms with Crippen LogP contribution in [0.15, 0.2) is 4.99 Å². The summed E-state index contributed by atoms with van der Waals surface area (Å²) in [5, 5.41) is 0. The van der Waals surface area contributed by atoms with E-state index >= 15 is 0 Å². The van der Waals surface area contributed by atoms with Crippen molar-refractivity contribution in [2.24, 2.45) is 4.99 Å². The van der Waals surface area contributed by atoms with Gasteiger partial charge in [-0.3, -0.25) is 9.79 Å². The number of nitrogens with zero attached hydrogens (tertiary/aromatic N) is 2. The van der Waals surface area contributed by atoms with Crippen molar-refractivity contribution in [2.45, 2.75) is 26.2 Å². The van der Waals surface area contributed by atoms with Gasteiger partial charge in [-0.1, -0.05) is 0 Å². The van der Waals surface area contributed by atoms with Gasteiger partial charge < -0.3 is 4.90 Å². The van der Waals surface area contributed by atoms with Crippen LogP contribution < -0.4 is 0 Å². The summed E-state index contributed by atoms with van der Waals surface area (Å²) in [5.74, 6) is 1.06. The van der Waals surface area contributed by atoms with Gasteiger partial charge in [0.25, 0.3) is 0 Å². The van der Waals surface area contributed by atoms with E-state index in [0.717, 1.165) is 31.6 Å². The van der Waals surface area contributed by atoms with Crippen molar-refractivity contribution in [1.82, 2.24) is 4.90 Å². The summed E-state index contributed by atoms with van der Waals surface area (Å²) in [6.07, 6.45) is 3.23. The second kappa shape index (κ2) is 3.51. The highest BCUT2D eigenvalue weighted by atomic mass is 16.2. The third-order valence-corrected chi connectivity index (χ3v) is 1.98. The molecular weight excluding hydrogens is 140 g/mol. The van der Waals surface area contributed by atoms with Gasteiger partial charge in [0.1, 0.15) is 5.84 Å². The molecule has 1 heterocycles. The van der Waals surface area contributed by atoms with E-state index in [0.29, 0.717) is 0 Å². The molecule has 3 heteroatoms. The molecule has 1 fully saturated rings. The Labute approximate surface area is 67.1 Å². The predicted octanol–water partition coefficient (Wildman–Crippen LogP) is 1.05. The first kappa shape index (κ1) is 8.24. The normalized spacial score (nSPS) is 22.4. The highest BCUT2D eigenvalue weighted by Gasteiger charge is 2.18. The van der Waals surface area contributed by atoms with Crippen LogP contribution >= 0.6 is 0 Å². The number of piperidine rings is 1. The lowest BCUT2D eigenvalue weighted by Gasteiger charge is -2.26. The van der Waals surface area contributed by atoms with Gasteiger partial charge in [0.05, 0.1) is 0 Å². The molecule has 0 bridgehead atoms. The highest BCUT2D eigenvalue weighted by molar-refractivity contribution is 5.97. The molecule has 1 amide bonds. The van der Waals surface area contributed by atoms with Crippen LogP contribution in [-0.2, 0) is 4.79 Å². The maximum atomic E-state index is 11.0. The molecule has 1 aliphatic rings. The molecule has 3 nitrogen and oxygen atoms in total. The minimum atomic E-state index is 0.116. The number of rotatable bonds is 0. The van der Waals surface area contributed by atoms with E-state index in [-0.39, 0.29) is 5.91 Å². The number of aliphatic imine (C=N–C) groups is 1. The molecule has 1 rings (SSSR count). The van der Waals surface area contributed by atoms with Gasteiger partial charge in [-0.25, -0.2) is 0 Å². The van der Waals surface area contributed by atoms with E-state index in [4.69, 9.17) is 0 Å². The largest absolute Gasteiger partial charge is 0.301 e. The van der Waals surface area contributed by atoms with Crippen LogP contribution in [-0.4, -0.2) is 30.2 Å². The summed E-state index contributed by atoms with van der Waals surface area (Å²) >= 11 is 0. The Balaban J connectivity index is 2.67. The van der Waals surface area contributed by atoms with Gasteiger partial charge in [-0.2, -0.15) is 0 Å². The van der Waals surface area contributed by atoms with Crippen molar-refractivity contribution >= 4 is 11.7 Å². The lowest BCUT2D eigenvalue weighted by atomic mass is 10.1.